The normalized spacial score (nSPS) is 18.7. The molecule has 154 valence electrons. The molecule has 1 saturated heterocycles. The maximum absolute atomic E-state index is 12.4. The van der Waals surface area contributed by atoms with E-state index in [-0.39, 0.29) is 18.0 Å². The van der Waals surface area contributed by atoms with Gasteiger partial charge in [-0.2, -0.15) is 5.10 Å². The predicted molar refractivity (Wildman–Crippen MR) is 113 cm³/mol. The van der Waals surface area contributed by atoms with Crippen LogP contribution in [0.3, 0.4) is 0 Å². The first-order valence-corrected chi connectivity index (χ1v) is 9.99. The number of carbonyl (C=O) groups excluding carboxylic acids is 1. The zero-order valence-electron chi connectivity index (χ0n) is 16.9. The first-order chi connectivity index (χ1) is 14.2. The molecular formula is C22H28N4O3. The van der Waals surface area contributed by atoms with Crippen molar-refractivity contribution in [3.8, 4) is 11.5 Å². The second-order valence-corrected chi connectivity index (χ2v) is 6.75. The number of hydrogen-bond acceptors (Lipinski definition) is 6. The highest BCUT2D eigenvalue weighted by molar-refractivity contribution is 5.86. The van der Waals surface area contributed by atoms with Crippen molar-refractivity contribution in [2.24, 2.45) is 5.10 Å². The lowest BCUT2D eigenvalue weighted by atomic mass is 10.0. The third-order valence-electron chi connectivity index (χ3n) is 4.57. The van der Waals surface area contributed by atoms with Crippen LogP contribution in [0.15, 0.2) is 53.6 Å². The SMILES string of the molecule is CCCOc1ccc(C2CC(C(=O)N/N=C/c3ccccc3OCC)NN2)cc1. The molecule has 3 rings (SSSR count). The number of benzene rings is 2. The van der Waals surface area contributed by atoms with Crippen molar-refractivity contribution in [3.05, 3.63) is 59.7 Å². The van der Waals surface area contributed by atoms with E-state index in [2.05, 4.69) is 28.3 Å². The number of hydrazone groups is 1. The molecule has 1 amide bonds. The van der Waals surface area contributed by atoms with Gasteiger partial charge in [0.1, 0.15) is 17.5 Å². The summed E-state index contributed by atoms with van der Waals surface area (Å²) in [6.07, 6.45) is 3.20. The minimum atomic E-state index is -0.365. The first-order valence-electron chi connectivity index (χ1n) is 9.99. The Balaban J connectivity index is 1.51. The lowest BCUT2D eigenvalue weighted by Gasteiger charge is -2.11. The number of para-hydroxylation sites is 1. The third kappa shape index (κ3) is 5.79. The number of carbonyl (C=O) groups is 1. The van der Waals surface area contributed by atoms with Crippen LogP contribution in [-0.2, 0) is 4.79 Å². The Labute approximate surface area is 171 Å². The Hall–Kier alpha value is -2.90. The topological polar surface area (TPSA) is 84.0 Å². The van der Waals surface area contributed by atoms with Crippen LogP contribution in [0, 0.1) is 0 Å². The summed E-state index contributed by atoms with van der Waals surface area (Å²) in [5, 5.41) is 4.08. The summed E-state index contributed by atoms with van der Waals surface area (Å²) in [7, 11) is 0. The van der Waals surface area contributed by atoms with Crippen LogP contribution >= 0.6 is 0 Å². The largest absolute Gasteiger partial charge is 0.494 e. The minimum absolute atomic E-state index is 0.0497. The van der Waals surface area contributed by atoms with Crippen molar-refractivity contribution in [1.29, 1.82) is 0 Å². The van der Waals surface area contributed by atoms with Crippen molar-refractivity contribution in [3.63, 3.8) is 0 Å². The van der Waals surface area contributed by atoms with Crippen LogP contribution < -0.4 is 25.8 Å². The van der Waals surface area contributed by atoms with Gasteiger partial charge in [0.25, 0.3) is 5.91 Å². The van der Waals surface area contributed by atoms with Gasteiger partial charge in [0.15, 0.2) is 0 Å². The van der Waals surface area contributed by atoms with Crippen LogP contribution in [0.2, 0.25) is 0 Å². The molecule has 0 aromatic heterocycles. The number of nitrogens with zero attached hydrogens (tertiary/aromatic N) is 1. The van der Waals surface area contributed by atoms with E-state index in [1.165, 1.54) is 0 Å². The fraction of sp³-hybridized carbons (Fsp3) is 0.364. The van der Waals surface area contributed by atoms with E-state index >= 15 is 0 Å². The Morgan fingerprint density at radius 2 is 1.93 bits per heavy atom. The molecule has 0 bridgehead atoms. The molecule has 7 nitrogen and oxygen atoms in total. The average molecular weight is 396 g/mol. The number of nitrogens with one attached hydrogen (secondary N) is 3. The van der Waals surface area contributed by atoms with Gasteiger partial charge in [-0.25, -0.2) is 16.3 Å². The van der Waals surface area contributed by atoms with E-state index in [4.69, 9.17) is 9.47 Å². The van der Waals surface area contributed by atoms with Crippen molar-refractivity contribution in [2.75, 3.05) is 13.2 Å². The number of ether oxygens (including phenoxy) is 2. The second kappa shape index (κ2) is 10.6. The number of rotatable bonds is 9. The molecule has 1 aliphatic heterocycles. The lowest BCUT2D eigenvalue weighted by Crippen LogP contribution is -2.41. The first kappa shape index (κ1) is 20.8. The van der Waals surface area contributed by atoms with Gasteiger partial charge in [0.05, 0.1) is 19.4 Å². The molecule has 0 saturated carbocycles. The van der Waals surface area contributed by atoms with Gasteiger partial charge in [0, 0.05) is 11.6 Å². The number of amides is 1. The van der Waals surface area contributed by atoms with Gasteiger partial charge in [0.2, 0.25) is 0 Å². The van der Waals surface area contributed by atoms with Crippen molar-refractivity contribution in [1.82, 2.24) is 16.3 Å². The molecule has 2 aromatic carbocycles. The molecule has 1 heterocycles. The monoisotopic (exact) mass is 396 g/mol. The third-order valence-corrected chi connectivity index (χ3v) is 4.57. The maximum Gasteiger partial charge on any atom is 0.258 e. The number of hydrogen-bond donors (Lipinski definition) is 3. The van der Waals surface area contributed by atoms with E-state index in [1.807, 2.05) is 55.5 Å². The molecule has 0 radical (unpaired) electrons. The molecule has 1 fully saturated rings. The van der Waals surface area contributed by atoms with Gasteiger partial charge >= 0.3 is 0 Å². The molecule has 7 heteroatoms. The van der Waals surface area contributed by atoms with Gasteiger partial charge in [-0.3, -0.25) is 4.79 Å². The van der Waals surface area contributed by atoms with E-state index in [0.717, 1.165) is 29.0 Å². The van der Waals surface area contributed by atoms with Crippen molar-refractivity contribution < 1.29 is 14.3 Å². The quantitative estimate of drug-likeness (QED) is 0.448. The van der Waals surface area contributed by atoms with E-state index in [1.54, 1.807) is 6.21 Å². The zero-order valence-corrected chi connectivity index (χ0v) is 16.9. The molecule has 0 spiro atoms. The van der Waals surface area contributed by atoms with E-state index in [9.17, 15) is 4.79 Å². The van der Waals surface area contributed by atoms with Crippen LogP contribution in [0.1, 0.15) is 43.9 Å². The van der Waals surface area contributed by atoms with Gasteiger partial charge in [-0.05, 0) is 49.6 Å². The van der Waals surface area contributed by atoms with Crippen molar-refractivity contribution >= 4 is 12.1 Å². The maximum atomic E-state index is 12.4. The highest BCUT2D eigenvalue weighted by Gasteiger charge is 2.30. The fourth-order valence-electron chi connectivity index (χ4n) is 3.08. The highest BCUT2D eigenvalue weighted by Crippen LogP contribution is 2.24. The fourth-order valence-corrected chi connectivity index (χ4v) is 3.08. The standard InChI is InChI=1S/C22H28N4O3/c1-3-13-29-18-11-9-16(10-12-18)19-14-20(25-24-19)22(27)26-23-15-17-7-5-6-8-21(17)28-4-2/h5-12,15,19-20,24-25H,3-4,13-14H2,1-2H3,(H,26,27)/b23-15+. The molecule has 2 aromatic rings. The Morgan fingerprint density at radius 3 is 2.69 bits per heavy atom. The van der Waals surface area contributed by atoms with E-state index < -0.39 is 0 Å². The Bertz CT molecular complexity index is 823. The summed E-state index contributed by atoms with van der Waals surface area (Å²) in [6.45, 7) is 5.29. The van der Waals surface area contributed by atoms with Crippen LogP contribution in [0.4, 0.5) is 0 Å². The highest BCUT2D eigenvalue weighted by atomic mass is 16.5. The molecule has 0 aliphatic carbocycles. The summed E-state index contributed by atoms with van der Waals surface area (Å²) in [5.41, 5.74) is 10.7. The molecule has 2 unspecified atom stereocenters. The summed E-state index contributed by atoms with van der Waals surface area (Å²) >= 11 is 0. The van der Waals surface area contributed by atoms with Gasteiger partial charge in [-0.15, -0.1) is 0 Å². The summed E-state index contributed by atoms with van der Waals surface area (Å²) in [5.74, 6) is 1.41. The lowest BCUT2D eigenvalue weighted by molar-refractivity contribution is -0.122. The smallest absolute Gasteiger partial charge is 0.258 e. The summed E-state index contributed by atoms with van der Waals surface area (Å²) in [4.78, 5) is 12.4. The molecule has 29 heavy (non-hydrogen) atoms. The van der Waals surface area contributed by atoms with Crippen LogP contribution in [-0.4, -0.2) is 31.4 Å². The number of hydrazine groups is 1. The van der Waals surface area contributed by atoms with Gasteiger partial charge < -0.3 is 9.47 Å². The summed E-state index contributed by atoms with van der Waals surface area (Å²) < 4.78 is 11.2. The molecule has 2 atom stereocenters. The molecular weight excluding hydrogens is 368 g/mol. The second-order valence-electron chi connectivity index (χ2n) is 6.75. The van der Waals surface area contributed by atoms with Crippen molar-refractivity contribution in [2.45, 2.75) is 38.8 Å². The van der Waals surface area contributed by atoms with E-state index in [0.29, 0.717) is 19.6 Å². The van der Waals surface area contributed by atoms with Crippen LogP contribution in [0.5, 0.6) is 11.5 Å². The average Bonchev–Trinajstić information content (AvgIpc) is 3.24. The Morgan fingerprint density at radius 1 is 1.14 bits per heavy atom. The minimum Gasteiger partial charge on any atom is -0.494 e. The van der Waals surface area contributed by atoms with Gasteiger partial charge in [-0.1, -0.05) is 31.2 Å². The molecule has 3 N–H and O–H groups in total. The Kier molecular flexibility index (Phi) is 7.61. The predicted octanol–water partition coefficient (Wildman–Crippen LogP) is 2.93. The zero-order chi connectivity index (χ0) is 20.5. The van der Waals surface area contributed by atoms with Crippen LogP contribution in [0.25, 0.3) is 0 Å². The molecule has 1 aliphatic rings. The summed E-state index contributed by atoms with van der Waals surface area (Å²) in [6, 6.07) is 15.2.